The SMILES string of the molecule is CCCCc1nc2c(c(=O)[nH]c(=O)n2C)n1C. The van der Waals surface area contributed by atoms with Crippen molar-refractivity contribution in [2.75, 3.05) is 0 Å². The molecule has 0 aliphatic carbocycles. The summed E-state index contributed by atoms with van der Waals surface area (Å²) in [7, 11) is 3.41. The molecule has 6 nitrogen and oxygen atoms in total. The lowest BCUT2D eigenvalue weighted by molar-refractivity contribution is 0.719. The molecular formula is C11H16N4O2. The fourth-order valence-electron chi connectivity index (χ4n) is 1.91. The number of aromatic nitrogens is 4. The fraction of sp³-hybridized carbons (Fsp3) is 0.545. The van der Waals surface area contributed by atoms with Gasteiger partial charge in [0.05, 0.1) is 0 Å². The van der Waals surface area contributed by atoms with Crippen LogP contribution in [0.1, 0.15) is 25.6 Å². The molecule has 0 aromatic carbocycles. The predicted molar refractivity (Wildman–Crippen MR) is 65.2 cm³/mol. The number of imidazole rings is 1. The third-order valence-electron chi connectivity index (χ3n) is 2.98. The minimum atomic E-state index is -0.428. The Morgan fingerprint density at radius 2 is 1.94 bits per heavy atom. The number of fused-ring (bicyclic) bond motifs is 1. The molecule has 0 atom stereocenters. The highest BCUT2D eigenvalue weighted by molar-refractivity contribution is 5.70. The Kier molecular flexibility index (Phi) is 2.87. The van der Waals surface area contributed by atoms with E-state index in [-0.39, 0.29) is 5.56 Å². The lowest BCUT2D eigenvalue weighted by Crippen LogP contribution is -2.29. The number of nitrogens with one attached hydrogen (secondary N) is 1. The molecule has 0 aliphatic heterocycles. The Morgan fingerprint density at radius 3 is 2.59 bits per heavy atom. The lowest BCUT2D eigenvalue weighted by Gasteiger charge is -1.99. The van der Waals surface area contributed by atoms with Gasteiger partial charge in [-0.25, -0.2) is 9.78 Å². The van der Waals surface area contributed by atoms with Crippen LogP contribution in [0.25, 0.3) is 11.2 Å². The van der Waals surface area contributed by atoms with E-state index >= 15 is 0 Å². The van der Waals surface area contributed by atoms with Crippen molar-refractivity contribution < 1.29 is 0 Å². The first-order valence-electron chi connectivity index (χ1n) is 5.70. The van der Waals surface area contributed by atoms with Crippen molar-refractivity contribution in [1.82, 2.24) is 19.1 Å². The molecule has 2 aromatic rings. The second-order valence-electron chi connectivity index (χ2n) is 4.18. The summed E-state index contributed by atoms with van der Waals surface area (Å²) in [6, 6.07) is 0. The maximum atomic E-state index is 11.7. The molecule has 17 heavy (non-hydrogen) atoms. The highest BCUT2D eigenvalue weighted by atomic mass is 16.2. The molecule has 0 amide bonds. The molecule has 2 rings (SSSR count). The summed E-state index contributed by atoms with van der Waals surface area (Å²) in [5, 5.41) is 0. The summed E-state index contributed by atoms with van der Waals surface area (Å²) in [5.74, 6) is 0.841. The molecule has 0 saturated heterocycles. The van der Waals surface area contributed by atoms with Crippen LogP contribution in [0.3, 0.4) is 0 Å². The summed E-state index contributed by atoms with van der Waals surface area (Å²) >= 11 is 0. The average Bonchev–Trinajstić information content (AvgIpc) is 2.61. The van der Waals surface area contributed by atoms with Crippen molar-refractivity contribution in [2.24, 2.45) is 14.1 Å². The van der Waals surface area contributed by atoms with E-state index in [1.165, 1.54) is 4.57 Å². The van der Waals surface area contributed by atoms with E-state index in [0.29, 0.717) is 11.2 Å². The van der Waals surface area contributed by atoms with E-state index in [2.05, 4.69) is 16.9 Å². The Hall–Kier alpha value is -1.85. The van der Waals surface area contributed by atoms with E-state index in [1.807, 2.05) is 0 Å². The van der Waals surface area contributed by atoms with Gasteiger partial charge in [0, 0.05) is 20.5 Å². The van der Waals surface area contributed by atoms with E-state index < -0.39 is 5.69 Å². The molecule has 6 heteroatoms. The quantitative estimate of drug-likeness (QED) is 0.833. The minimum Gasteiger partial charge on any atom is -0.325 e. The van der Waals surface area contributed by atoms with Crippen LogP contribution in [0.2, 0.25) is 0 Å². The summed E-state index contributed by atoms with van der Waals surface area (Å²) in [6.07, 6.45) is 2.90. The number of rotatable bonds is 3. The molecule has 0 fully saturated rings. The number of nitrogens with zero attached hydrogens (tertiary/aromatic N) is 3. The molecule has 0 radical (unpaired) electrons. The van der Waals surface area contributed by atoms with Crippen molar-refractivity contribution in [2.45, 2.75) is 26.2 Å². The summed E-state index contributed by atoms with van der Waals surface area (Å²) < 4.78 is 3.13. The smallest absolute Gasteiger partial charge is 0.325 e. The molecule has 2 heterocycles. The third-order valence-corrected chi connectivity index (χ3v) is 2.98. The van der Waals surface area contributed by atoms with Crippen LogP contribution in [0.5, 0.6) is 0 Å². The zero-order valence-electron chi connectivity index (χ0n) is 10.3. The van der Waals surface area contributed by atoms with Gasteiger partial charge in [-0.3, -0.25) is 14.3 Å². The Labute approximate surface area is 97.9 Å². The van der Waals surface area contributed by atoms with Crippen LogP contribution in [-0.4, -0.2) is 19.1 Å². The monoisotopic (exact) mass is 236 g/mol. The second kappa shape index (κ2) is 4.20. The van der Waals surface area contributed by atoms with Gasteiger partial charge in [-0.05, 0) is 6.42 Å². The van der Waals surface area contributed by atoms with Crippen molar-refractivity contribution >= 4 is 11.2 Å². The lowest BCUT2D eigenvalue weighted by atomic mass is 10.2. The number of aryl methyl sites for hydroxylation is 3. The minimum absolute atomic E-state index is 0.374. The van der Waals surface area contributed by atoms with Gasteiger partial charge in [-0.15, -0.1) is 0 Å². The Balaban J connectivity index is 2.73. The van der Waals surface area contributed by atoms with Crippen molar-refractivity contribution in [3.63, 3.8) is 0 Å². The molecule has 0 spiro atoms. The average molecular weight is 236 g/mol. The number of H-pyrrole nitrogens is 1. The maximum Gasteiger partial charge on any atom is 0.329 e. The normalized spacial score (nSPS) is 11.2. The molecule has 0 aliphatic rings. The molecule has 0 bridgehead atoms. The van der Waals surface area contributed by atoms with Crippen LogP contribution >= 0.6 is 0 Å². The zero-order valence-corrected chi connectivity index (χ0v) is 10.3. The van der Waals surface area contributed by atoms with Crippen molar-refractivity contribution in [1.29, 1.82) is 0 Å². The van der Waals surface area contributed by atoms with Gasteiger partial charge in [0.25, 0.3) is 5.56 Å². The van der Waals surface area contributed by atoms with E-state index in [4.69, 9.17) is 0 Å². The summed E-state index contributed by atoms with van der Waals surface area (Å²) in [6.45, 7) is 2.10. The molecule has 1 N–H and O–H groups in total. The van der Waals surface area contributed by atoms with Gasteiger partial charge in [-0.1, -0.05) is 13.3 Å². The number of hydrogen-bond donors (Lipinski definition) is 1. The summed E-state index contributed by atoms with van der Waals surface area (Å²) in [5.41, 5.74) is 0.106. The van der Waals surface area contributed by atoms with E-state index in [1.54, 1.807) is 18.7 Å². The van der Waals surface area contributed by atoms with Gasteiger partial charge in [0.15, 0.2) is 11.2 Å². The first-order valence-corrected chi connectivity index (χ1v) is 5.70. The number of unbranched alkanes of at least 4 members (excludes halogenated alkanes) is 1. The van der Waals surface area contributed by atoms with Crippen LogP contribution in [0.4, 0.5) is 0 Å². The van der Waals surface area contributed by atoms with Gasteiger partial charge in [0.2, 0.25) is 0 Å². The topological polar surface area (TPSA) is 72.7 Å². The van der Waals surface area contributed by atoms with Gasteiger partial charge < -0.3 is 4.57 Å². The van der Waals surface area contributed by atoms with Crippen LogP contribution < -0.4 is 11.2 Å². The molecule has 92 valence electrons. The zero-order chi connectivity index (χ0) is 12.6. The number of aromatic amines is 1. The highest BCUT2D eigenvalue weighted by Gasteiger charge is 2.13. The predicted octanol–water partition coefficient (Wildman–Crippen LogP) is 0.303. The van der Waals surface area contributed by atoms with Crippen molar-refractivity contribution in [3.05, 3.63) is 26.7 Å². The van der Waals surface area contributed by atoms with Gasteiger partial charge in [0.1, 0.15) is 5.82 Å². The third kappa shape index (κ3) is 1.79. The standard InChI is InChI=1S/C11H16N4O2/c1-4-5-6-7-12-9-8(14(7)2)10(16)13-11(17)15(9)3/h4-6H2,1-3H3,(H,13,16,17). The van der Waals surface area contributed by atoms with E-state index in [0.717, 1.165) is 25.1 Å². The molecule has 2 aromatic heterocycles. The fourth-order valence-corrected chi connectivity index (χ4v) is 1.91. The second-order valence-corrected chi connectivity index (χ2v) is 4.18. The van der Waals surface area contributed by atoms with Crippen LogP contribution in [0, 0.1) is 0 Å². The number of hydrogen-bond acceptors (Lipinski definition) is 3. The molecular weight excluding hydrogens is 220 g/mol. The van der Waals surface area contributed by atoms with E-state index in [9.17, 15) is 9.59 Å². The van der Waals surface area contributed by atoms with Gasteiger partial charge in [-0.2, -0.15) is 0 Å². The van der Waals surface area contributed by atoms with Gasteiger partial charge >= 0.3 is 5.69 Å². The largest absolute Gasteiger partial charge is 0.329 e. The Bertz CT molecular complexity index is 662. The first kappa shape index (κ1) is 11.6. The van der Waals surface area contributed by atoms with Crippen molar-refractivity contribution in [3.8, 4) is 0 Å². The van der Waals surface area contributed by atoms with Crippen LogP contribution in [0.15, 0.2) is 9.59 Å². The highest BCUT2D eigenvalue weighted by Crippen LogP contribution is 2.10. The molecule has 0 saturated carbocycles. The van der Waals surface area contributed by atoms with Crippen LogP contribution in [-0.2, 0) is 20.5 Å². The Morgan fingerprint density at radius 1 is 1.24 bits per heavy atom. The first-order chi connectivity index (χ1) is 8.06. The molecule has 0 unspecified atom stereocenters. The summed E-state index contributed by atoms with van der Waals surface area (Å²) in [4.78, 5) is 29.8. The maximum absolute atomic E-state index is 11.7.